The van der Waals surface area contributed by atoms with Crippen molar-refractivity contribution in [2.75, 3.05) is 31.1 Å². The summed E-state index contributed by atoms with van der Waals surface area (Å²) in [5.74, 6) is -0.325. The van der Waals surface area contributed by atoms with E-state index in [9.17, 15) is 9.18 Å². The molecule has 1 aromatic carbocycles. The molecular formula is C19H18FN5O. The van der Waals surface area contributed by atoms with Gasteiger partial charge in [-0.15, -0.1) is 0 Å². The van der Waals surface area contributed by atoms with E-state index in [0.717, 1.165) is 5.56 Å². The number of aromatic nitrogens is 3. The average Bonchev–Trinajstić information content (AvgIpc) is 3.19. The second kappa shape index (κ2) is 6.95. The molecule has 1 aliphatic heterocycles. The monoisotopic (exact) mass is 351 g/mol. The molecule has 26 heavy (non-hydrogen) atoms. The van der Waals surface area contributed by atoms with Gasteiger partial charge >= 0.3 is 0 Å². The molecule has 1 saturated heterocycles. The van der Waals surface area contributed by atoms with Crippen LogP contribution in [0.5, 0.6) is 0 Å². The fraction of sp³-hybridized carbons (Fsp3) is 0.211. The van der Waals surface area contributed by atoms with Gasteiger partial charge in [0.1, 0.15) is 11.5 Å². The second-order valence-electron chi connectivity index (χ2n) is 6.13. The molecule has 3 aromatic rings. The molecule has 4 rings (SSSR count). The highest BCUT2D eigenvalue weighted by molar-refractivity contribution is 5.93. The van der Waals surface area contributed by atoms with E-state index in [1.807, 2.05) is 23.1 Å². The Balaban J connectivity index is 1.43. The van der Waals surface area contributed by atoms with E-state index >= 15 is 0 Å². The summed E-state index contributed by atoms with van der Waals surface area (Å²) >= 11 is 0. The van der Waals surface area contributed by atoms with Crippen LogP contribution in [0.2, 0.25) is 0 Å². The molecule has 2 aromatic heterocycles. The van der Waals surface area contributed by atoms with Gasteiger partial charge in [-0.1, -0.05) is 12.1 Å². The molecule has 1 fully saturated rings. The third-order valence-electron chi connectivity index (χ3n) is 4.54. The number of pyridine rings is 1. The summed E-state index contributed by atoms with van der Waals surface area (Å²) in [6, 6.07) is 12.2. The maximum Gasteiger partial charge on any atom is 0.272 e. The number of H-pyrrole nitrogens is 1. The largest absolute Gasteiger partial charge is 0.366 e. The van der Waals surface area contributed by atoms with Crippen molar-refractivity contribution in [2.45, 2.75) is 0 Å². The molecule has 1 amide bonds. The standard InChI is InChI=1S/C19H18FN5O/c20-15-3-1-2-4-18(15)24-9-11-25(12-10-24)19(26)17-13-16(22-23-17)14-5-7-21-8-6-14/h1-8,13H,9-12H2,(H,22,23). The van der Waals surface area contributed by atoms with Crippen molar-refractivity contribution >= 4 is 11.6 Å². The van der Waals surface area contributed by atoms with Crippen molar-refractivity contribution in [3.05, 3.63) is 66.4 Å². The van der Waals surface area contributed by atoms with Gasteiger partial charge in [-0.05, 0) is 30.3 Å². The molecule has 0 radical (unpaired) electrons. The van der Waals surface area contributed by atoms with E-state index in [1.54, 1.807) is 35.5 Å². The quantitative estimate of drug-likeness (QED) is 0.788. The van der Waals surface area contributed by atoms with Gasteiger partial charge in [-0.3, -0.25) is 14.9 Å². The molecule has 0 atom stereocenters. The number of amides is 1. The molecule has 0 aliphatic carbocycles. The van der Waals surface area contributed by atoms with Gasteiger partial charge in [0, 0.05) is 44.1 Å². The lowest BCUT2D eigenvalue weighted by molar-refractivity contribution is 0.0740. The number of piperazine rings is 1. The van der Waals surface area contributed by atoms with E-state index in [2.05, 4.69) is 15.2 Å². The number of hydrogen-bond acceptors (Lipinski definition) is 4. The lowest BCUT2D eigenvalue weighted by Gasteiger charge is -2.36. The number of rotatable bonds is 3. The van der Waals surface area contributed by atoms with E-state index in [1.165, 1.54) is 6.07 Å². The summed E-state index contributed by atoms with van der Waals surface area (Å²) in [7, 11) is 0. The summed E-state index contributed by atoms with van der Waals surface area (Å²) in [5, 5.41) is 7.03. The molecule has 0 saturated carbocycles. The van der Waals surface area contributed by atoms with Gasteiger partial charge in [-0.2, -0.15) is 5.10 Å². The van der Waals surface area contributed by atoms with Gasteiger partial charge in [-0.25, -0.2) is 4.39 Å². The first-order valence-corrected chi connectivity index (χ1v) is 8.47. The molecule has 7 heteroatoms. The summed E-state index contributed by atoms with van der Waals surface area (Å²) in [5.41, 5.74) is 2.65. The zero-order valence-corrected chi connectivity index (χ0v) is 14.1. The first-order valence-electron chi connectivity index (χ1n) is 8.47. The summed E-state index contributed by atoms with van der Waals surface area (Å²) in [6.07, 6.45) is 3.38. The predicted molar refractivity (Wildman–Crippen MR) is 96.3 cm³/mol. The minimum atomic E-state index is -0.233. The Bertz CT molecular complexity index is 903. The molecule has 132 valence electrons. The lowest BCUT2D eigenvalue weighted by atomic mass is 10.2. The van der Waals surface area contributed by atoms with Gasteiger partial charge in [0.25, 0.3) is 5.91 Å². The summed E-state index contributed by atoms with van der Waals surface area (Å²) in [6.45, 7) is 2.27. The predicted octanol–water partition coefficient (Wildman–Crippen LogP) is 2.57. The first-order chi connectivity index (χ1) is 12.7. The Labute approximate surface area is 150 Å². The first kappa shape index (κ1) is 16.3. The number of carbonyl (C=O) groups excluding carboxylic acids is 1. The molecular weight excluding hydrogens is 333 g/mol. The van der Waals surface area contributed by atoms with Crippen molar-refractivity contribution in [2.24, 2.45) is 0 Å². The topological polar surface area (TPSA) is 65.1 Å². The average molecular weight is 351 g/mol. The third kappa shape index (κ3) is 3.15. The van der Waals surface area contributed by atoms with Crippen LogP contribution in [0.25, 0.3) is 11.3 Å². The van der Waals surface area contributed by atoms with E-state index in [4.69, 9.17) is 0 Å². The fourth-order valence-corrected chi connectivity index (χ4v) is 3.13. The lowest BCUT2D eigenvalue weighted by Crippen LogP contribution is -2.49. The zero-order chi connectivity index (χ0) is 17.9. The van der Waals surface area contributed by atoms with Crippen LogP contribution >= 0.6 is 0 Å². The van der Waals surface area contributed by atoms with Crippen LogP contribution in [0.15, 0.2) is 54.9 Å². The Morgan fingerprint density at radius 2 is 1.77 bits per heavy atom. The smallest absolute Gasteiger partial charge is 0.272 e. The Morgan fingerprint density at radius 1 is 1.04 bits per heavy atom. The van der Waals surface area contributed by atoms with Crippen LogP contribution in [0.3, 0.4) is 0 Å². The third-order valence-corrected chi connectivity index (χ3v) is 4.54. The van der Waals surface area contributed by atoms with Crippen LogP contribution in [0, 0.1) is 5.82 Å². The van der Waals surface area contributed by atoms with Gasteiger partial charge in [0.15, 0.2) is 0 Å². The molecule has 0 unspecified atom stereocenters. The van der Waals surface area contributed by atoms with Crippen LogP contribution in [-0.2, 0) is 0 Å². The Kier molecular flexibility index (Phi) is 4.35. The molecule has 1 aliphatic rings. The summed E-state index contributed by atoms with van der Waals surface area (Å²) < 4.78 is 13.9. The van der Waals surface area contributed by atoms with Crippen molar-refractivity contribution in [1.82, 2.24) is 20.1 Å². The minimum absolute atomic E-state index is 0.0917. The minimum Gasteiger partial charge on any atom is -0.366 e. The van der Waals surface area contributed by atoms with Crippen molar-refractivity contribution in [3.63, 3.8) is 0 Å². The highest BCUT2D eigenvalue weighted by Crippen LogP contribution is 2.21. The van der Waals surface area contributed by atoms with Gasteiger partial charge in [0.2, 0.25) is 0 Å². The number of halogens is 1. The molecule has 0 bridgehead atoms. The van der Waals surface area contributed by atoms with E-state index < -0.39 is 0 Å². The Hall–Kier alpha value is -3.22. The van der Waals surface area contributed by atoms with Gasteiger partial charge < -0.3 is 9.80 Å². The highest BCUT2D eigenvalue weighted by Gasteiger charge is 2.24. The number of nitrogens with zero attached hydrogens (tertiary/aromatic N) is 4. The van der Waals surface area contributed by atoms with Crippen molar-refractivity contribution in [1.29, 1.82) is 0 Å². The highest BCUT2D eigenvalue weighted by atomic mass is 19.1. The van der Waals surface area contributed by atoms with Crippen LogP contribution in [0.1, 0.15) is 10.5 Å². The molecule has 6 nitrogen and oxygen atoms in total. The number of aromatic amines is 1. The Morgan fingerprint density at radius 3 is 2.50 bits per heavy atom. The summed E-state index contributed by atoms with van der Waals surface area (Å²) in [4.78, 5) is 20.4. The number of nitrogens with one attached hydrogen (secondary N) is 1. The number of hydrogen-bond donors (Lipinski definition) is 1. The van der Waals surface area contributed by atoms with Gasteiger partial charge in [0.05, 0.1) is 11.4 Å². The second-order valence-corrected chi connectivity index (χ2v) is 6.13. The normalized spacial score (nSPS) is 14.5. The number of para-hydroxylation sites is 1. The number of benzene rings is 1. The SMILES string of the molecule is O=C(c1cc(-c2ccncc2)n[nH]1)N1CCN(c2ccccc2F)CC1. The number of anilines is 1. The van der Waals surface area contributed by atoms with Crippen LogP contribution in [0.4, 0.5) is 10.1 Å². The maximum absolute atomic E-state index is 13.9. The van der Waals surface area contributed by atoms with Crippen LogP contribution in [-0.4, -0.2) is 52.2 Å². The zero-order valence-electron chi connectivity index (χ0n) is 14.1. The van der Waals surface area contributed by atoms with E-state index in [-0.39, 0.29) is 11.7 Å². The fourth-order valence-electron chi connectivity index (χ4n) is 3.13. The molecule has 1 N–H and O–H groups in total. The van der Waals surface area contributed by atoms with Crippen molar-refractivity contribution in [3.8, 4) is 11.3 Å². The molecule has 0 spiro atoms. The number of carbonyl (C=O) groups is 1. The maximum atomic E-state index is 13.9. The van der Waals surface area contributed by atoms with Crippen molar-refractivity contribution < 1.29 is 9.18 Å². The molecule has 3 heterocycles. The van der Waals surface area contributed by atoms with E-state index in [0.29, 0.717) is 43.3 Å². The van der Waals surface area contributed by atoms with Crippen LogP contribution < -0.4 is 4.90 Å².